The molecule has 3 unspecified atom stereocenters. The van der Waals surface area contributed by atoms with E-state index < -0.39 is 18.2 Å². The molecule has 0 spiro atoms. The largest absolute Gasteiger partial charge is 0.462 e. The lowest BCUT2D eigenvalue weighted by Crippen LogP contribution is -2.46. The van der Waals surface area contributed by atoms with Crippen LogP contribution in [0.15, 0.2) is 0 Å². The number of carbonyl (C=O) groups is 2. The Morgan fingerprint density at radius 3 is 1.02 bits per heavy atom. The van der Waals surface area contributed by atoms with Crippen LogP contribution in [-0.2, 0) is 14.3 Å². The standard InChI is InChI=1S/C54H107NO5/c1-4-7-10-13-16-19-22-24-26-28-31-33-36-39-42-45-50(60-54(59)47-44-41-38-35-30-21-18-15-12-9-6-3)48-53(58)55-51(49-56)52(57)46-43-40-37-34-32-29-27-25-23-20-17-14-11-8-5-2/h50-52,56-57H,4-49H2,1-3H3,(H,55,58). The van der Waals surface area contributed by atoms with E-state index in [-0.39, 0.29) is 24.9 Å². The molecule has 0 aliphatic carbocycles. The number of hydrogen-bond donors (Lipinski definition) is 3. The third-order valence-electron chi connectivity index (χ3n) is 12.9. The van der Waals surface area contributed by atoms with Crippen LogP contribution in [0.2, 0.25) is 0 Å². The maximum atomic E-state index is 13.2. The monoisotopic (exact) mass is 850 g/mol. The Balaban J connectivity index is 4.48. The normalized spacial score (nSPS) is 13.1. The predicted molar refractivity (Wildman–Crippen MR) is 260 cm³/mol. The highest BCUT2D eigenvalue weighted by Crippen LogP contribution is 2.19. The first-order chi connectivity index (χ1) is 29.5. The van der Waals surface area contributed by atoms with Crippen molar-refractivity contribution in [2.24, 2.45) is 0 Å². The summed E-state index contributed by atoms with van der Waals surface area (Å²) in [5.74, 6) is -0.449. The molecule has 0 aromatic carbocycles. The number of aliphatic hydroxyl groups excluding tert-OH is 2. The zero-order chi connectivity index (χ0) is 43.8. The van der Waals surface area contributed by atoms with Crippen molar-refractivity contribution in [3.8, 4) is 0 Å². The molecule has 3 N–H and O–H groups in total. The fourth-order valence-corrected chi connectivity index (χ4v) is 8.79. The van der Waals surface area contributed by atoms with E-state index in [1.54, 1.807) is 0 Å². The molecule has 0 aliphatic rings. The summed E-state index contributed by atoms with van der Waals surface area (Å²) < 4.78 is 5.94. The number of carbonyl (C=O) groups excluding carboxylic acids is 2. The fraction of sp³-hybridized carbons (Fsp3) is 0.963. The van der Waals surface area contributed by atoms with Gasteiger partial charge in [0.15, 0.2) is 0 Å². The van der Waals surface area contributed by atoms with Crippen LogP contribution in [0.25, 0.3) is 0 Å². The summed E-state index contributed by atoms with van der Waals surface area (Å²) in [7, 11) is 0. The Morgan fingerprint density at radius 2 is 0.700 bits per heavy atom. The molecule has 0 heterocycles. The van der Waals surface area contributed by atoms with Gasteiger partial charge in [-0.05, 0) is 25.7 Å². The van der Waals surface area contributed by atoms with Gasteiger partial charge in [0, 0.05) is 6.42 Å². The van der Waals surface area contributed by atoms with Crippen LogP contribution < -0.4 is 5.32 Å². The highest BCUT2D eigenvalue weighted by atomic mass is 16.5. The first kappa shape index (κ1) is 58.9. The van der Waals surface area contributed by atoms with Crippen molar-refractivity contribution in [3.63, 3.8) is 0 Å². The summed E-state index contributed by atoms with van der Waals surface area (Å²) >= 11 is 0. The molecule has 0 radical (unpaired) electrons. The summed E-state index contributed by atoms with van der Waals surface area (Å²) in [6.07, 6.45) is 53.0. The molecule has 6 nitrogen and oxygen atoms in total. The average Bonchev–Trinajstić information content (AvgIpc) is 3.24. The van der Waals surface area contributed by atoms with E-state index in [4.69, 9.17) is 4.74 Å². The van der Waals surface area contributed by atoms with Gasteiger partial charge < -0.3 is 20.3 Å². The Morgan fingerprint density at radius 1 is 0.417 bits per heavy atom. The van der Waals surface area contributed by atoms with E-state index in [9.17, 15) is 19.8 Å². The van der Waals surface area contributed by atoms with Crippen LogP contribution >= 0.6 is 0 Å². The second-order valence-corrected chi connectivity index (χ2v) is 19.0. The molecule has 0 saturated carbocycles. The molecule has 358 valence electrons. The summed E-state index contributed by atoms with van der Waals surface area (Å²) in [5, 5.41) is 23.8. The Bertz CT molecular complexity index is 867. The Labute approximate surface area is 375 Å². The molecule has 3 atom stereocenters. The lowest BCUT2D eigenvalue weighted by atomic mass is 10.0. The number of ether oxygens (including phenoxy) is 1. The Kier molecular flexibility index (Phi) is 48.0. The smallest absolute Gasteiger partial charge is 0.306 e. The highest BCUT2D eigenvalue weighted by Gasteiger charge is 2.24. The minimum Gasteiger partial charge on any atom is -0.462 e. The van der Waals surface area contributed by atoms with E-state index in [0.717, 1.165) is 44.9 Å². The zero-order valence-electron chi connectivity index (χ0n) is 40.9. The van der Waals surface area contributed by atoms with E-state index in [1.165, 1.54) is 218 Å². The van der Waals surface area contributed by atoms with Crippen molar-refractivity contribution in [1.82, 2.24) is 5.32 Å². The SMILES string of the molecule is CCCCCCCCCCCCCCCCCC(CC(=O)NC(CO)C(O)CCCCCCCCCCCCCCCCC)OC(=O)CCCCCCCCCCCCC. The maximum Gasteiger partial charge on any atom is 0.306 e. The molecule has 0 aromatic heterocycles. The number of rotatable bonds is 50. The zero-order valence-corrected chi connectivity index (χ0v) is 40.9. The number of esters is 1. The van der Waals surface area contributed by atoms with Crippen molar-refractivity contribution in [2.45, 2.75) is 328 Å². The topological polar surface area (TPSA) is 95.9 Å². The second kappa shape index (κ2) is 48.9. The van der Waals surface area contributed by atoms with Gasteiger partial charge in [-0.15, -0.1) is 0 Å². The highest BCUT2D eigenvalue weighted by molar-refractivity contribution is 5.77. The molecule has 0 aliphatic heterocycles. The molecule has 60 heavy (non-hydrogen) atoms. The first-order valence-corrected chi connectivity index (χ1v) is 27.3. The van der Waals surface area contributed by atoms with Gasteiger partial charge in [0.05, 0.1) is 25.2 Å². The van der Waals surface area contributed by atoms with Crippen molar-refractivity contribution >= 4 is 11.9 Å². The lowest BCUT2D eigenvalue weighted by molar-refractivity contribution is -0.151. The van der Waals surface area contributed by atoms with Crippen LogP contribution in [0.1, 0.15) is 310 Å². The third kappa shape index (κ3) is 43.5. The van der Waals surface area contributed by atoms with Gasteiger partial charge in [-0.25, -0.2) is 0 Å². The molecule has 0 fully saturated rings. The predicted octanol–water partition coefficient (Wildman–Crippen LogP) is 16.4. The number of hydrogen-bond acceptors (Lipinski definition) is 5. The van der Waals surface area contributed by atoms with Crippen molar-refractivity contribution in [3.05, 3.63) is 0 Å². The van der Waals surface area contributed by atoms with Gasteiger partial charge in [-0.1, -0.05) is 271 Å². The molecule has 0 aromatic rings. The third-order valence-corrected chi connectivity index (χ3v) is 12.9. The Hall–Kier alpha value is -1.14. The number of unbranched alkanes of at least 4 members (excludes halogenated alkanes) is 38. The maximum absolute atomic E-state index is 13.2. The van der Waals surface area contributed by atoms with Crippen LogP contribution in [0.5, 0.6) is 0 Å². The number of aliphatic hydroxyl groups is 2. The van der Waals surface area contributed by atoms with E-state index in [0.29, 0.717) is 19.3 Å². The van der Waals surface area contributed by atoms with Crippen molar-refractivity contribution < 1.29 is 24.5 Å². The van der Waals surface area contributed by atoms with Crippen LogP contribution in [0, 0.1) is 0 Å². The van der Waals surface area contributed by atoms with E-state index in [1.807, 2.05) is 0 Å². The van der Waals surface area contributed by atoms with Gasteiger partial charge in [-0.3, -0.25) is 9.59 Å². The number of amides is 1. The van der Waals surface area contributed by atoms with Crippen LogP contribution in [0.4, 0.5) is 0 Å². The molecule has 0 rings (SSSR count). The average molecular weight is 850 g/mol. The second-order valence-electron chi connectivity index (χ2n) is 19.0. The summed E-state index contributed by atoms with van der Waals surface area (Å²) in [6.45, 7) is 6.52. The van der Waals surface area contributed by atoms with Gasteiger partial charge >= 0.3 is 5.97 Å². The van der Waals surface area contributed by atoms with Gasteiger partial charge in [0.25, 0.3) is 0 Å². The molecular formula is C54H107NO5. The molecular weight excluding hydrogens is 743 g/mol. The van der Waals surface area contributed by atoms with Crippen molar-refractivity contribution in [2.75, 3.05) is 6.61 Å². The molecule has 1 amide bonds. The van der Waals surface area contributed by atoms with Gasteiger partial charge in [0.2, 0.25) is 5.91 Å². The number of nitrogens with one attached hydrogen (secondary N) is 1. The summed E-state index contributed by atoms with van der Waals surface area (Å²) in [6, 6.07) is -0.692. The fourth-order valence-electron chi connectivity index (χ4n) is 8.79. The summed E-state index contributed by atoms with van der Waals surface area (Å²) in [5.41, 5.74) is 0. The van der Waals surface area contributed by atoms with Crippen molar-refractivity contribution in [1.29, 1.82) is 0 Å². The summed E-state index contributed by atoms with van der Waals surface area (Å²) in [4.78, 5) is 26.1. The first-order valence-electron chi connectivity index (χ1n) is 27.3. The minimum absolute atomic E-state index is 0.0881. The van der Waals surface area contributed by atoms with Gasteiger partial charge in [0.1, 0.15) is 6.10 Å². The van der Waals surface area contributed by atoms with Gasteiger partial charge in [-0.2, -0.15) is 0 Å². The quantitative estimate of drug-likeness (QED) is 0.0419. The lowest BCUT2D eigenvalue weighted by Gasteiger charge is -2.24. The van der Waals surface area contributed by atoms with E-state index in [2.05, 4.69) is 26.1 Å². The minimum atomic E-state index is -0.779. The van der Waals surface area contributed by atoms with E-state index >= 15 is 0 Å². The molecule has 0 bridgehead atoms. The van der Waals surface area contributed by atoms with Crippen LogP contribution in [-0.4, -0.2) is 46.9 Å². The van der Waals surface area contributed by atoms with Crippen LogP contribution in [0.3, 0.4) is 0 Å². The molecule has 0 saturated heterocycles. The molecule has 6 heteroatoms.